The summed E-state index contributed by atoms with van der Waals surface area (Å²) in [5.41, 5.74) is -0.718. The van der Waals surface area contributed by atoms with E-state index in [1.807, 2.05) is 0 Å². The first-order chi connectivity index (χ1) is 11.7. The maximum absolute atomic E-state index is 12.1. The SMILES string of the molecule is Cc1nc([N+](=O)[O-])cn1CC(=O)NCC(C)(C(=O)O)c1ccccc1. The van der Waals surface area contributed by atoms with Gasteiger partial charge in [-0.25, -0.2) is 0 Å². The van der Waals surface area contributed by atoms with Crippen molar-refractivity contribution in [2.24, 2.45) is 0 Å². The Morgan fingerprint density at radius 1 is 1.36 bits per heavy atom. The van der Waals surface area contributed by atoms with Gasteiger partial charge < -0.3 is 20.5 Å². The Morgan fingerprint density at radius 3 is 2.52 bits per heavy atom. The normalized spacial score (nSPS) is 13.0. The fourth-order valence-corrected chi connectivity index (χ4v) is 2.33. The lowest BCUT2D eigenvalue weighted by Gasteiger charge is -2.25. The number of imidazole rings is 1. The third-order valence-electron chi connectivity index (χ3n) is 3.99. The van der Waals surface area contributed by atoms with E-state index in [1.165, 1.54) is 17.7 Å². The lowest BCUT2D eigenvalue weighted by molar-refractivity contribution is -0.389. The lowest BCUT2D eigenvalue weighted by atomic mass is 9.82. The van der Waals surface area contributed by atoms with Crippen molar-refractivity contribution >= 4 is 17.7 Å². The molecule has 9 heteroatoms. The largest absolute Gasteiger partial charge is 0.481 e. The molecule has 9 nitrogen and oxygen atoms in total. The molecule has 1 unspecified atom stereocenters. The third-order valence-corrected chi connectivity index (χ3v) is 3.99. The number of amides is 1. The summed E-state index contributed by atoms with van der Waals surface area (Å²) in [6, 6.07) is 8.60. The van der Waals surface area contributed by atoms with Crippen molar-refractivity contribution in [2.45, 2.75) is 25.8 Å². The van der Waals surface area contributed by atoms with E-state index in [9.17, 15) is 24.8 Å². The summed E-state index contributed by atoms with van der Waals surface area (Å²) >= 11 is 0. The van der Waals surface area contributed by atoms with Gasteiger partial charge in [0, 0.05) is 13.5 Å². The molecule has 2 N–H and O–H groups in total. The fourth-order valence-electron chi connectivity index (χ4n) is 2.33. The summed E-state index contributed by atoms with van der Waals surface area (Å²) < 4.78 is 1.34. The van der Waals surface area contributed by atoms with Crippen LogP contribution in [0.25, 0.3) is 0 Å². The molecule has 0 aliphatic carbocycles. The van der Waals surface area contributed by atoms with E-state index in [2.05, 4.69) is 10.3 Å². The molecule has 0 radical (unpaired) electrons. The second-order valence-electron chi connectivity index (χ2n) is 5.81. The van der Waals surface area contributed by atoms with Gasteiger partial charge in [0.2, 0.25) is 11.7 Å². The minimum atomic E-state index is -1.28. The van der Waals surface area contributed by atoms with Gasteiger partial charge in [0.15, 0.2) is 0 Å². The van der Waals surface area contributed by atoms with Gasteiger partial charge in [-0.3, -0.25) is 14.2 Å². The van der Waals surface area contributed by atoms with E-state index in [0.717, 1.165) is 0 Å². The Balaban J connectivity index is 2.07. The first-order valence-corrected chi connectivity index (χ1v) is 7.48. The van der Waals surface area contributed by atoms with Crippen LogP contribution in [0.4, 0.5) is 5.82 Å². The molecule has 1 amide bonds. The first kappa shape index (κ1) is 18.1. The van der Waals surface area contributed by atoms with Crippen LogP contribution in [0.5, 0.6) is 0 Å². The Morgan fingerprint density at radius 2 is 2.00 bits per heavy atom. The highest BCUT2D eigenvalue weighted by atomic mass is 16.6. The molecule has 1 aromatic heterocycles. The number of rotatable bonds is 7. The number of nitrogens with zero attached hydrogens (tertiary/aromatic N) is 3. The lowest BCUT2D eigenvalue weighted by Crippen LogP contribution is -2.45. The van der Waals surface area contributed by atoms with Gasteiger partial charge in [-0.05, 0) is 22.4 Å². The number of aromatic nitrogens is 2. The summed E-state index contributed by atoms with van der Waals surface area (Å²) in [6.07, 6.45) is 1.17. The zero-order valence-corrected chi connectivity index (χ0v) is 13.8. The van der Waals surface area contributed by atoms with Crippen LogP contribution in [-0.2, 0) is 21.5 Å². The molecular formula is C16H18N4O5. The standard InChI is InChI=1S/C16H18N4O5/c1-11-18-13(20(24)25)8-19(11)9-14(21)17-10-16(2,15(22)23)12-6-4-3-5-7-12/h3-8H,9-10H2,1-2H3,(H,17,21)(H,22,23). The summed E-state index contributed by atoms with van der Waals surface area (Å²) in [5.74, 6) is -1.54. The number of nitrogens with one attached hydrogen (secondary N) is 1. The number of carboxylic acids is 1. The zero-order valence-electron chi connectivity index (χ0n) is 13.8. The van der Waals surface area contributed by atoms with Crippen LogP contribution in [0.1, 0.15) is 18.3 Å². The Bertz CT molecular complexity index is 802. The van der Waals surface area contributed by atoms with Crippen molar-refractivity contribution in [2.75, 3.05) is 6.54 Å². The number of aryl methyl sites for hydroxylation is 1. The Labute approximate surface area is 143 Å². The molecule has 0 aliphatic rings. The van der Waals surface area contributed by atoms with Gasteiger partial charge in [0.05, 0.1) is 0 Å². The number of carboxylic acid groups (broad SMARTS) is 1. The second-order valence-corrected chi connectivity index (χ2v) is 5.81. The number of hydrogen-bond donors (Lipinski definition) is 2. The third kappa shape index (κ3) is 4.00. The molecule has 0 spiro atoms. The van der Waals surface area contributed by atoms with Crippen LogP contribution in [0, 0.1) is 17.0 Å². The van der Waals surface area contributed by atoms with Crippen molar-refractivity contribution in [1.82, 2.24) is 14.9 Å². The van der Waals surface area contributed by atoms with Crippen molar-refractivity contribution in [3.63, 3.8) is 0 Å². The maximum Gasteiger partial charge on any atom is 0.381 e. The monoisotopic (exact) mass is 346 g/mol. The molecule has 1 aromatic carbocycles. The van der Waals surface area contributed by atoms with Crippen molar-refractivity contribution in [3.05, 3.63) is 58.0 Å². The molecule has 0 saturated carbocycles. The summed E-state index contributed by atoms with van der Waals surface area (Å²) in [7, 11) is 0. The number of carbonyl (C=O) groups is 2. The summed E-state index contributed by atoms with van der Waals surface area (Å²) in [6.45, 7) is 2.78. The zero-order chi connectivity index (χ0) is 18.6. The van der Waals surface area contributed by atoms with Crippen molar-refractivity contribution in [3.8, 4) is 0 Å². The minimum absolute atomic E-state index is 0.110. The Kier molecular flexibility index (Phi) is 5.16. The van der Waals surface area contributed by atoms with Crippen LogP contribution in [0.2, 0.25) is 0 Å². The quantitative estimate of drug-likeness (QED) is 0.574. The van der Waals surface area contributed by atoms with Crippen LogP contribution in [0.3, 0.4) is 0 Å². The summed E-state index contributed by atoms with van der Waals surface area (Å²) in [4.78, 5) is 37.6. The average Bonchev–Trinajstić information content (AvgIpc) is 2.94. The van der Waals surface area contributed by atoms with E-state index in [-0.39, 0.29) is 18.9 Å². The van der Waals surface area contributed by atoms with Crippen LogP contribution in [-0.4, -0.2) is 38.0 Å². The molecule has 0 fully saturated rings. The first-order valence-electron chi connectivity index (χ1n) is 7.48. The fraction of sp³-hybridized carbons (Fsp3) is 0.312. The van der Waals surface area contributed by atoms with Gasteiger partial charge in [-0.15, -0.1) is 0 Å². The molecular weight excluding hydrogens is 328 g/mol. The smallest absolute Gasteiger partial charge is 0.381 e. The van der Waals surface area contributed by atoms with E-state index in [1.54, 1.807) is 37.3 Å². The topological polar surface area (TPSA) is 127 Å². The molecule has 0 bridgehead atoms. The molecule has 0 aliphatic heterocycles. The van der Waals surface area contributed by atoms with E-state index in [0.29, 0.717) is 11.4 Å². The highest BCUT2D eigenvalue weighted by Gasteiger charge is 2.35. The Hall–Kier alpha value is -3.23. The van der Waals surface area contributed by atoms with Gasteiger partial charge >= 0.3 is 11.8 Å². The number of benzene rings is 1. The maximum atomic E-state index is 12.1. The number of carbonyl (C=O) groups excluding carboxylic acids is 1. The molecule has 132 valence electrons. The van der Waals surface area contributed by atoms with Gasteiger partial charge in [-0.1, -0.05) is 30.3 Å². The van der Waals surface area contributed by atoms with Crippen molar-refractivity contribution < 1.29 is 19.6 Å². The molecule has 2 aromatic rings. The van der Waals surface area contributed by atoms with Crippen LogP contribution >= 0.6 is 0 Å². The average molecular weight is 346 g/mol. The molecule has 1 heterocycles. The highest BCUT2D eigenvalue weighted by Crippen LogP contribution is 2.23. The highest BCUT2D eigenvalue weighted by molar-refractivity contribution is 5.83. The van der Waals surface area contributed by atoms with Gasteiger partial charge in [0.1, 0.15) is 18.2 Å². The molecule has 0 saturated heterocycles. The van der Waals surface area contributed by atoms with Crippen molar-refractivity contribution in [1.29, 1.82) is 0 Å². The van der Waals surface area contributed by atoms with Gasteiger partial charge in [0.25, 0.3) is 0 Å². The predicted molar refractivity (Wildman–Crippen MR) is 88.1 cm³/mol. The van der Waals surface area contributed by atoms with Gasteiger partial charge in [-0.2, -0.15) is 0 Å². The molecule has 2 rings (SSSR count). The van der Waals surface area contributed by atoms with E-state index in [4.69, 9.17) is 0 Å². The molecule has 1 atom stereocenters. The number of hydrogen-bond acceptors (Lipinski definition) is 5. The van der Waals surface area contributed by atoms with Crippen LogP contribution in [0.15, 0.2) is 36.5 Å². The van der Waals surface area contributed by atoms with Crippen LogP contribution < -0.4 is 5.32 Å². The predicted octanol–water partition coefficient (Wildman–Crippen LogP) is 1.26. The summed E-state index contributed by atoms with van der Waals surface area (Å²) in [5, 5.41) is 22.8. The molecule has 25 heavy (non-hydrogen) atoms. The van der Waals surface area contributed by atoms with E-state index < -0.39 is 22.2 Å². The number of aliphatic carboxylic acids is 1. The number of nitro groups is 1. The minimum Gasteiger partial charge on any atom is -0.481 e. The van der Waals surface area contributed by atoms with E-state index >= 15 is 0 Å². The second kappa shape index (κ2) is 7.12.